The van der Waals surface area contributed by atoms with Gasteiger partial charge in [-0.1, -0.05) is 6.92 Å². The first kappa shape index (κ1) is 18.9. The van der Waals surface area contributed by atoms with Crippen molar-refractivity contribution in [2.75, 3.05) is 5.73 Å². The first-order valence-electron chi connectivity index (χ1n) is 8.43. The SMILES string of the molecule is CCCn1cnnc1CNC(=O)[C@H]1O[C@@H](n2ccc(N)nc2=O)[C@H](O)[C@@H]1O. The van der Waals surface area contributed by atoms with Crippen LogP contribution in [0.25, 0.3) is 0 Å². The molecule has 0 radical (unpaired) electrons. The summed E-state index contributed by atoms with van der Waals surface area (Å²) in [5.74, 6) is -0.0879. The van der Waals surface area contributed by atoms with Crippen molar-refractivity contribution in [1.29, 1.82) is 0 Å². The fourth-order valence-electron chi connectivity index (χ4n) is 2.84. The minimum Gasteiger partial charge on any atom is -0.387 e. The van der Waals surface area contributed by atoms with Gasteiger partial charge < -0.3 is 30.6 Å². The molecule has 1 aliphatic heterocycles. The first-order valence-corrected chi connectivity index (χ1v) is 8.43. The molecule has 5 N–H and O–H groups in total. The number of amides is 1. The highest BCUT2D eigenvalue weighted by Crippen LogP contribution is 2.28. The van der Waals surface area contributed by atoms with Gasteiger partial charge >= 0.3 is 5.69 Å². The summed E-state index contributed by atoms with van der Waals surface area (Å²) in [6, 6.07) is 1.35. The Hall–Kier alpha value is -2.83. The number of aromatic nitrogens is 5. The summed E-state index contributed by atoms with van der Waals surface area (Å²) in [4.78, 5) is 27.8. The third kappa shape index (κ3) is 3.82. The number of nitrogen functional groups attached to an aromatic ring is 1. The smallest absolute Gasteiger partial charge is 0.351 e. The Kier molecular flexibility index (Phi) is 5.48. The molecule has 1 amide bonds. The van der Waals surface area contributed by atoms with Crippen LogP contribution in [-0.2, 0) is 22.6 Å². The molecule has 2 aromatic rings. The van der Waals surface area contributed by atoms with E-state index in [2.05, 4.69) is 20.5 Å². The van der Waals surface area contributed by atoms with Crippen molar-refractivity contribution in [2.24, 2.45) is 0 Å². The predicted molar refractivity (Wildman–Crippen MR) is 91.0 cm³/mol. The number of aliphatic hydroxyl groups is 2. The van der Waals surface area contributed by atoms with Gasteiger partial charge in [-0.2, -0.15) is 4.98 Å². The lowest BCUT2D eigenvalue weighted by atomic mass is 10.1. The summed E-state index contributed by atoms with van der Waals surface area (Å²) in [5, 5.41) is 30.7. The van der Waals surface area contributed by atoms with Crippen LogP contribution < -0.4 is 16.7 Å². The van der Waals surface area contributed by atoms with E-state index in [1.165, 1.54) is 12.3 Å². The zero-order chi connectivity index (χ0) is 19.6. The van der Waals surface area contributed by atoms with E-state index >= 15 is 0 Å². The minimum absolute atomic E-state index is 0.00905. The molecule has 3 heterocycles. The van der Waals surface area contributed by atoms with E-state index in [0.29, 0.717) is 12.4 Å². The maximum atomic E-state index is 12.4. The maximum Gasteiger partial charge on any atom is 0.351 e. The first-order chi connectivity index (χ1) is 12.9. The molecule has 146 valence electrons. The van der Waals surface area contributed by atoms with Crippen LogP contribution in [0.15, 0.2) is 23.4 Å². The monoisotopic (exact) mass is 379 g/mol. The summed E-state index contributed by atoms with van der Waals surface area (Å²) in [5.41, 5.74) is 4.67. The van der Waals surface area contributed by atoms with Crippen LogP contribution in [0, 0.1) is 0 Å². The standard InChI is InChI=1S/C15H21N7O5/c1-2-4-21-7-18-20-9(21)6-17-13(25)12-10(23)11(24)14(27-12)22-5-3-8(16)19-15(22)26/h3,5,7,10-12,14,23-24H,2,4,6H2,1H3,(H,17,25)(H2,16,19,26)/t10-,11+,12-,14+/m0/s1. The van der Waals surface area contributed by atoms with Gasteiger partial charge in [0.1, 0.15) is 24.4 Å². The zero-order valence-electron chi connectivity index (χ0n) is 14.6. The van der Waals surface area contributed by atoms with Gasteiger partial charge in [0, 0.05) is 12.7 Å². The zero-order valence-corrected chi connectivity index (χ0v) is 14.6. The predicted octanol–water partition coefficient (Wildman–Crippen LogP) is -2.24. The molecule has 12 nitrogen and oxygen atoms in total. The fourth-order valence-corrected chi connectivity index (χ4v) is 2.84. The Morgan fingerprint density at radius 1 is 1.41 bits per heavy atom. The molecule has 0 unspecified atom stereocenters. The normalized spacial score (nSPS) is 24.9. The Bertz CT molecular complexity index is 866. The molecule has 0 saturated carbocycles. The molecule has 1 fully saturated rings. The number of aliphatic hydroxyl groups excluding tert-OH is 2. The number of nitrogens with zero attached hydrogens (tertiary/aromatic N) is 5. The van der Waals surface area contributed by atoms with Crippen LogP contribution in [0.1, 0.15) is 25.4 Å². The number of aryl methyl sites for hydroxylation is 1. The second-order valence-corrected chi connectivity index (χ2v) is 6.13. The maximum absolute atomic E-state index is 12.4. The average molecular weight is 379 g/mol. The molecule has 0 aliphatic carbocycles. The Balaban J connectivity index is 1.68. The highest BCUT2D eigenvalue weighted by Gasteiger charge is 2.47. The molecule has 0 spiro atoms. The number of carbonyl (C=O) groups is 1. The summed E-state index contributed by atoms with van der Waals surface area (Å²) in [7, 11) is 0. The van der Waals surface area contributed by atoms with E-state index in [9.17, 15) is 19.8 Å². The minimum atomic E-state index is -1.52. The van der Waals surface area contributed by atoms with Gasteiger partial charge in [-0.15, -0.1) is 10.2 Å². The molecular weight excluding hydrogens is 358 g/mol. The van der Waals surface area contributed by atoms with Crippen LogP contribution in [0.4, 0.5) is 5.82 Å². The van der Waals surface area contributed by atoms with Gasteiger partial charge in [-0.05, 0) is 12.5 Å². The molecular formula is C15H21N7O5. The molecule has 3 rings (SSSR count). The lowest BCUT2D eigenvalue weighted by Gasteiger charge is -2.16. The Morgan fingerprint density at radius 2 is 2.19 bits per heavy atom. The summed E-state index contributed by atoms with van der Waals surface area (Å²) < 4.78 is 8.19. The van der Waals surface area contributed by atoms with E-state index in [-0.39, 0.29) is 12.4 Å². The van der Waals surface area contributed by atoms with E-state index < -0.39 is 36.1 Å². The van der Waals surface area contributed by atoms with E-state index in [4.69, 9.17) is 10.5 Å². The van der Waals surface area contributed by atoms with Gasteiger partial charge in [0.05, 0.1) is 6.54 Å². The largest absolute Gasteiger partial charge is 0.387 e. The van der Waals surface area contributed by atoms with Gasteiger partial charge in [0.2, 0.25) is 0 Å². The second kappa shape index (κ2) is 7.82. The number of hydrogen-bond acceptors (Lipinski definition) is 9. The van der Waals surface area contributed by atoms with Crippen molar-refractivity contribution >= 4 is 11.7 Å². The van der Waals surface area contributed by atoms with Crippen molar-refractivity contribution < 1.29 is 19.7 Å². The molecule has 4 atom stereocenters. The number of hydrogen-bond donors (Lipinski definition) is 4. The van der Waals surface area contributed by atoms with Crippen molar-refractivity contribution in [2.45, 2.75) is 51.0 Å². The number of rotatable bonds is 6. The third-order valence-electron chi connectivity index (χ3n) is 4.20. The molecule has 0 aromatic carbocycles. The van der Waals surface area contributed by atoms with E-state index in [0.717, 1.165) is 11.0 Å². The summed E-state index contributed by atoms with van der Waals surface area (Å²) >= 11 is 0. The Morgan fingerprint density at radius 3 is 2.89 bits per heavy atom. The van der Waals surface area contributed by atoms with Crippen LogP contribution in [0.5, 0.6) is 0 Å². The number of carbonyl (C=O) groups excluding carboxylic acids is 1. The van der Waals surface area contributed by atoms with Crippen molar-refractivity contribution in [3.8, 4) is 0 Å². The van der Waals surface area contributed by atoms with Gasteiger partial charge in [-0.25, -0.2) is 4.79 Å². The lowest BCUT2D eigenvalue weighted by molar-refractivity contribution is -0.138. The molecule has 27 heavy (non-hydrogen) atoms. The molecule has 1 aliphatic rings. The molecule has 12 heteroatoms. The number of nitrogens with two attached hydrogens (primary N) is 1. The van der Waals surface area contributed by atoms with Gasteiger partial charge in [0.15, 0.2) is 18.2 Å². The quantitative estimate of drug-likeness (QED) is 0.433. The molecule has 2 aromatic heterocycles. The summed E-state index contributed by atoms with van der Waals surface area (Å²) in [6.07, 6.45) is -1.93. The van der Waals surface area contributed by atoms with E-state index in [1.54, 1.807) is 10.9 Å². The summed E-state index contributed by atoms with van der Waals surface area (Å²) in [6.45, 7) is 2.78. The van der Waals surface area contributed by atoms with Crippen LogP contribution in [-0.4, -0.2) is 58.7 Å². The van der Waals surface area contributed by atoms with Gasteiger partial charge in [0.25, 0.3) is 5.91 Å². The Labute approximate surface area is 153 Å². The second-order valence-electron chi connectivity index (χ2n) is 6.13. The fraction of sp³-hybridized carbons (Fsp3) is 0.533. The van der Waals surface area contributed by atoms with Crippen LogP contribution >= 0.6 is 0 Å². The highest BCUT2D eigenvalue weighted by atomic mass is 16.6. The number of ether oxygens (including phenoxy) is 1. The van der Waals surface area contributed by atoms with E-state index in [1.807, 2.05) is 6.92 Å². The molecule has 0 bridgehead atoms. The topological polar surface area (TPSA) is 170 Å². The van der Waals surface area contributed by atoms with Gasteiger partial charge in [-0.3, -0.25) is 9.36 Å². The third-order valence-corrected chi connectivity index (χ3v) is 4.20. The lowest BCUT2D eigenvalue weighted by Crippen LogP contribution is -2.42. The molecule has 1 saturated heterocycles. The van der Waals surface area contributed by atoms with Crippen LogP contribution in [0.3, 0.4) is 0 Å². The van der Waals surface area contributed by atoms with Crippen molar-refractivity contribution in [3.63, 3.8) is 0 Å². The number of anilines is 1. The highest BCUT2D eigenvalue weighted by molar-refractivity contribution is 5.81. The average Bonchev–Trinajstić information content (AvgIpc) is 3.19. The van der Waals surface area contributed by atoms with Crippen molar-refractivity contribution in [3.05, 3.63) is 34.9 Å². The van der Waals surface area contributed by atoms with Crippen molar-refractivity contribution in [1.82, 2.24) is 29.6 Å². The van der Waals surface area contributed by atoms with Crippen LogP contribution in [0.2, 0.25) is 0 Å². The number of nitrogens with one attached hydrogen (secondary N) is 1.